The summed E-state index contributed by atoms with van der Waals surface area (Å²) in [5, 5.41) is 0. The summed E-state index contributed by atoms with van der Waals surface area (Å²) in [6.07, 6.45) is 7.97. The fourth-order valence-corrected chi connectivity index (χ4v) is 4.56. The highest BCUT2D eigenvalue weighted by Crippen LogP contribution is 2.30. The minimum Gasteiger partial charge on any atom is -0.466 e. The van der Waals surface area contributed by atoms with E-state index in [2.05, 4.69) is 16.7 Å². The van der Waals surface area contributed by atoms with Crippen LogP contribution in [0.5, 0.6) is 0 Å². The standard InChI is InChI=1S/C20H36N2O4.2ClH/c1-3-24-18-11-14-22(15-18)20(21-12-5-6-13-21)26-17-9-7-16(8-10-17)19(23)25-4-2;;/h16-18,20H,3-15H2,1-2H3;2*1H/t16?,17?,18-,20?;;/m1../s1. The quantitative estimate of drug-likeness (QED) is 0.538. The summed E-state index contributed by atoms with van der Waals surface area (Å²) >= 11 is 0. The van der Waals surface area contributed by atoms with Gasteiger partial charge in [-0.15, -0.1) is 24.8 Å². The van der Waals surface area contributed by atoms with E-state index in [1.54, 1.807) is 0 Å². The predicted octanol–water partition coefficient (Wildman–Crippen LogP) is 3.46. The SMILES string of the molecule is CCOC(=O)C1CCC(OC(N2CCCC2)N2CC[C@@H](OCC)C2)CC1.Cl.Cl. The van der Waals surface area contributed by atoms with Gasteiger partial charge in [-0.3, -0.25) is 14.6 Å². The van der Waals surface area contributed by atoms with Crippen LogP contribution < -0.4 is 0 Å². The maximum absolute atomic E-state index is 11.9. The van der Waals surface area contributed by atoms with Crippen LogP contribution in [0.15, 0.2) is 0 Å². The Labute approximate surface area is 182 Å². The first-order valence-electron chi connectivity index (χ1n) is 10.6. The summed E-state index contributed by atoms with van der Waals surface area (Å²) < 4.78 is 17.6. The number of rotatable bonds is 8. The van der Waals surface area contributed by atoms with Crippen molar-refractivity contribution in [2.75, 3.05) is 39.4 Å². The minimum atomic E-state index is -0.0267. The van der Waals surface area contributed by atoms with Crippen molar-refractivity contribution >= 4 is 30.8 Å². The van der Waals surface area contributed by atoms with Gasteiger partial charge in [-0.1, -0.05) is 0 Å². The van der Waals surface area contributed by atoms with Crippen LogP contribution in [0.4, 0.5) is 0 Å². The number of likely N-dealkylation sites (tertiary alicyclic amines) is 2. The van der Waals surface area contributed by atoms with Crippen molar-refractivity contribution < 1.29 is 19.0 Å². The zero-order valence-electron chi connectivity index (χ0n) is 17.3. The maximum Gasteiger partial charge on any atom is 0.308 e. The first-order valence-corrected chi connectivity index (χ1v) is 10.6. The van der Waals surface area contributed by atoms with Gasteiger partial charge in [-0.25, -0.2) is 0 Å². The molecule has 2 saturated heterocycles. The van der Waals surface area contributed by atoms with E-state index in [4.69, 9.17) is 14.2 Å². The number of halogens is 2. The van der Waals surface area contributed by atoms with Crippen LogP contribution in [-0.2, 0) is 19.0 Å². The van der Waals surface area contributed by atoms with E-state index >= 15 is 0 Å². The summed E-state index contributed by atoms with van der Waals surface area (Å²) in [7, 11) is 0. The van der Waals surface area contributed by atoms with E-state index in [9.17, 15) is 4.79 Å². The van der Waals surface area contributed by atoms with Gasteiger partial charge in [0, 0.05) is 32.8 Å². The second-order valence-electron chi connectivity index (χ2n) is 7.79. The van der Waals surface area contributed by atoms with Crippen molar-refractivity contribution in [3.8, 4) is 0 Å². The molecule has 6 nitrogen and oxygen atoms in total. The first kappa shape index (κ1) is 25.9. The molecule has 8 heteroatoms. The Balaban J connectivity index is 0.00000196. The molecule has 0 N–H and O–H groups in total. The molecule has 3 fully saturated rings. The maximum atomic E-state index is 11.9. The van der Waals surface area contributed by atoms with Crippen molar-refractivity contribution in [3.63, 3.8) is 0 Å². The van der Waals surface area contributed by atoms with Crippen molar-refractivity contribution in [1.82, 2.24) is 9.80 Å². The smallest absolute Gasteiger partial charge is 0.308 e. The van der Waals surface area contributed by atoms with Crippen LogP contribution in [0.3, 0.4) is 0 Å². The molecule has 0 amide bonds. The van der Waals surface area contributed by atoms with Crippen LogP contribution >= 0.6 is 24.8 Å². The third kappa shape index (κ3) is 6.99. The molecule has 28 heavy (non-hydrogen) atoms. The fourth-order valence-electron chi connectivity index (χ4n) is 4.56. The van der Waals surface area contributed by atoms with Crippen LogP contribution in [0.25, 0.3) is 0 Å². The molecule has 0 aromatic heterocycles. The summed E-state index contributed by atoms with van der Waals surface area (Å²) in [5.74, 6) is 0.0373. The Hall–Kier alpha value is -0.110. The molecule has 2 aliphatic heterocycles. The Morgan fingerprint density at radius 1 is 0.893 bits per heavy atom. The van der Waals surface area contributed by atoms with E-state index in [-0.39, 0.29) is 49.2 Å². The third-order valence-electron chi connectivity index (χ3n) is 5.95. The zero-order chi connectivity index (χ0) is 18.4. The predicted molar refractivity (Wildman–Crippen MR) is 114 cm³/mol. The molecule has 0 bridgehead atoms. The summed E-state index contributed by atoms with van der Waals surface area (Å²) in [6.45, 7) is 9.46. The molecule has 166 valence electrons. The van der Waals surface area contributed by atoms with Gasteiger partial charge in [0.15, 0.2) is 6.35 Å². The molecule has 0 spiro atoms. The van der Waals surface area contributed by atoms with Gasteiger partial charge in [0.1, 0.15) is 0 Å². The molecule has 3 rings (SSSR count). The van der Waals surface area contributed by atoms with Gasteiger partial charge in [0.2, 0.25) is 0 Å². The molecule has 1 unspecified atom stereocenters. The average Bonchev–Trinajstić information content (AvgIpc) is 3.33. The van der Waals surface area contributed by atoms with Gasteiger partial charge in [0.05, 0.1) is 24.7 Å². The largest absolute Gasteiger partial charge is 0.466 e. The monoisotopic (exact) mass is 440 g/mol. The molecule has 2 heterocycles. The Morgan fingerprint density at radius 2 is 1.57 bits per heavy atom. The van der Waals surface area contributed by atoms with Gasteiger partial charge in [0.25, 0.3) is 0 Å². The lowest BCUT2D eigenvalue weighted by molar-refractivity contribution is -0.181. The van der Waals surface area contributed by atoms with Crippen LogP contribution in [0.1, 0.15) is 58.8 Å². The highest BCUT2D eigenvalue weighted by molar-refractivity contribution is 5.85. The lowest BCUT2D eigenvalue weighted by Gasteiger charge is -2.39. The molecule has 0 aromatic carbocycles. The number of nitrogens with zero attached hydrogens (tertiary/aromatic N) is 2. The highest BCUT2D eigenvalue weighted by atomic mass is 35.5. The van der Waals surface area contributed by atoms with Crippen molar-refractivity contribution in [2.24, 2.45) is 5.92 Å². The van der Waals surface area contributed by atoms with Gasteiger partial charge in [-0.05, 0) is 58.8 Å². The summed E-state index contributed by atoms with van der Waals surface area (Å²) in [4.78, 5) is 16.9. The van der Waals surface area contributed by atoms with Gasteiger partial charge >= 0.3 is 5.97 Å². The van der Waals surface area contributed by atoms with Gasteiger partial charge < -0.3 is 14.2 Å². The van der Waals surface area contributed by atoms with Crippen molar-refractivity contribution in [2.45, 2.75) is 77.4 Å². The Kier molecular flexibility index (Phi) is 12.3. The molecule has 2 atom stereocenters. The van der Waals surface area contributed by atoms with Crippen LogP contribution in [-0.4, -0.2) is 73.7 Å². The molecule has 1 aliphatic carbocycles. The highest BCUT2D eigenvalue weighted by Gasteiger charge is 2.37. The molecule has 3 aliphatic rings. The van der Waals surface area contributed by atoms with Crippen LogP contribution in [0, 0.1) is 5.92 Å². The molecular formula is C20H38Cl2N2O4. The van der Waals surface area contributed by atoms with E-state index in [1.165, 1.54) is 12.8 Å². The van der Waals surface area contributed by atoms with E-state index in [1.807, 2.05) is 6.92 Å². The number of carbonyl (C=O) groups is 1. The molecule has 1 saturated carbocycles. The number of esters is 1. The second-order valence-corrected chi connectivity index (χ2v) is 7.79. The normalized spacial score (nSPS) is 29.7. The van der Waals surface area contributed by atoms with Crippen molar-refractivity contribution in [3.05, 3.63) is 0 Å². The van der Waals surface area contributed by atoms with Gasteiger partial charge in [-0.2, -0.15) is 0 Å². The summed E-state index contributed by atoms with van der Waals surface area (Å²) in [6, 6.07) is 0. The number of hydrogen-bond acceptors (Lipinski definition) is 6. The lowest BCUT2D eigenvalue weighted by Crippen LogP contribution is -2.50. The topological polar surface area (TPSA) is 51.2 Å². The number of carbonyl (C=O) groups excluding carboxylic acids is 1. The molecule has 0 aromatic rings. The minimum absolute atomic E-state index is 0. The Bertz CT molecular complexity index is 444. The molecular weight excluding hydrogens is 403 g/mol. The average molecular weight is 441 g/mol. The Morgan fingerprint density at radius 3 is 2.18 bits per heavy atom. The fraction of sp³-hybridized carbons (Fsp3) is 0.950. The zero-order valence-corrected chi connectivity index (χ0v) is 19.0. The first-order chi connectivity index (χ1) is 12.7. The van der Waals surface area contributed by atoms with Crippen LogP contribution in [0.2, 0.25) is 0 Å². The second kappa shape index (κ2) is 13.2. The van der Waals surface area contributed by atoms with E-state index in [0.717, 1.165) is 64.9 Å². The van der Waals surface area contributed by atoms with E-state index in [0.29, 0.717) is 12.7 Å². The lowest BCUT2D eigenvalue weighted by atomic mass is 9.87. The molecule has 0 radical (unpaired) electrons. The van der Waals surface area contributed by atoms with Crippen molar-refractivity contribution in [1.29, 1.82) is 0 Å². The van der Waals surface area contributed by atoms with E-state index < -0.39 is 0 Å². The third-order valence-corrected chi connectivity index (χ3v) is 5.95. The number of hydrogen-bond donors (Lipinski definition) is 0. The summed E-state index contributed by atoms with van der Waals surface area (Å²) in [5.41, 5.74) is 0. The number of ether oxygens (including phenoxy) is 3.